The fraction of sp³-hybridized carbons (Fsp3) is 0. The first-order chi connectivity index (χ1) is 8.43. The van der Waals surface area contributed by atoms with Gasteiger partial charge in [0.25, 0.3) is 0 Å². The Bertz CT molecular complexity index is 742. The second kappa shape index (κ2) is 4.40. The molecule has 18 heavy (non-hydrogen) atoms. The molecule has 0 bridgehead atoms. The van der Waals surface area contributed by atoms with Crippen molar-refractivity contribution in [1.29, 1.82) is 0 Å². The molecular weight excluding hydrogens is 447 g/mol. The smallest absolute Gasteiger partial charge is 0.143 e. The summed E-state index contributed by atoms with van der Waals surface area (Å²) in [5.74, 6) is 0.0877. The number of hydrogen-bond donors (Lipinski definition) is 2. The van der Waals surface area contributed by atoms with Crippen LogP contribution in [0.4, 0.5) is 0 Å². The molecule has 0 spiro atoms. The van der Waals surface area contributed by atoms with Crippen molar-refractivity contribution in [3.8, 4) is 11.5 Å². The van der Waals surface area contributed by atoms with Crippen LogP contribution in [0.5, 0.6) is 11.5 Å². The van der Waals surface area contributed by atoms with Crippen LogP contribution in [-0.2, 0) is 0 Å². The third-order valence-electron chi connectivity index (χ3n) is 2.53. The molecule has 3 aromatic rings. The molecule has 0 saturated heterocycles. The van der Waals surface area contributed by atoms with Gasteiger partial charge in [0.1, 0.15) is 11.5 Å². The molecule has 2 aromatic heterocycles. The van der Waals surface area contributed by atoms with Crippen LogP contribution in [0.3, 0.4) is 0 Å². The van der Waals surface area contributed by atoms with Gasteiger partial charge in [0.05, 0.1) is 37.8 Å². The molecule has 1 aromatic carbocycles. The number of aromatic hydroxyl groups is 2. The molecule has 0 radical (unpaired) electrons. The molecule has 0 aliphatic heterocycles. The van der Waals surface area contributed by atoms with Crippen molar-refractivity contribution in [2.24, 2.45) is 0 Å². The van der Waals surface area contributed by atoms with Gasteiger partial charge in [-0.2, -0.15) is 0 Å². The van der Waals surface area contributed by atoms with Gasteiger partial charge in [-0.15, -0.1) is 22.7 Å². The minimum absolute atomic E-state index is 0.0438. The van der Waals surface area contributed by atoms with Crippen molar-refractivity contribution in [3.63, 3.8) is 0 Å². The third kappa shape index (κ3) is 1.63. The number of phenols is 2. The Morgan fingerprint density at radius 1 is 0.778 bits per heavy atom. The summed E-state index contributed by atoms with van der Waals surface area (Å²) in [4.78, 5) is 0. The number of fused-ring (bicyclic) bond motifs is 2. The van der Waals surface area contributed by atoms with Gasteiger partial charge < -0.3 is 10.2 Å². The van der Waals surface area contributed by atoms with E-state index in [1.54, 1.807) is 0 Å². The minimum Gasteiger partial charge on any atom is -0.506 e. The topological polar surface area (TPSA) is 40.5 Å². The van der Waals surface area contributed by atoms with Gasteiger partial charge in [-0.3, -0.25) is 0 Å². The van der Waals surface area contributed by atoms with Crippen LogP contribution in [0.15, 0.2) is 7.57 Å². The van der Waals surface area contributed by atoms with Crippen LogP contribution in [0, 0.1) is 0 Å². The summed E-state index contributed by atoms with van der Waals surface area (Å²) in [7, 11) is 0. The Morgan fingerprint density at radius 2 is 1.11 bits per heavy atom. The van der Waals surface area contributed by atoms with Crippen molar-refractivity contribution < 1.29 is 10.2 Å². The first-order valence-electron chi connectivity index (χ1n) is 4.52. The summed E-state index contributed by atoms with van der Waals surface area (Å²) >= 11 is 21.3. The fourth-order valence-corrected chi connectivity index (χ4v) is 5.57. The number of phenolic OH excluding ortho intramolecular Hbond substituents is 2. The molecular formula is C10H2Br2Cl2O2S2. The standard InChI is InChI=1S/C10H2Br2Cl2O2S2/c11-9-3(13)1-5(15)8-2(4(14)10(12)18-8)6(16)7(1)17-9/h15-16H. The average Bonchev–Trinajstić information content (AvgIpc) is 2.78. The van der Waals surface area contributed by atoms with Gasteiger partial charge in [-0.05, 0) is 31.9 Å². The summed E-state index contributed by atoms with van der Waals surface area (Å²) in [6.07, 6.45) is 0. The highest BCUT2D eigenvalue weighted by atomic mass is 79.9. The number of hydrogen-bond acceptors (Lipinski definition) is 4. The summed E-state index contributed by atoms with van der Waals surface area (Å²) in [6, 6.07) is 0. The lowest BCUT2D eigenvalue weighted by Crippen LogP contribution is -1.73. The van der Waals surface area contributed by atoms with Gasteiger partial charge in [0.15, 0.2) is 0 Å². The predicted molar refractivity (Wildman–Crippen MR) is 86.0 cm³/mol. The highest BCUT2D eigenvalue weighted by molar-refractivity contribution is 9.11. The van der Waals surface area contributed by atoms with E-state index in [1.807, 2.05) is 0 Å². The first-order valence-corrected chi connectivity index (χ1v) is 8.49. The van der Waals surface area contributed by atoms with E-state index < -0.39 is 0 Å². The van der Waals surface area contributed by atoms with E-state index in [9.17, 15) is 10.2 Å². The molecule has 8 heteroatoms. The molecule has 0 amide bonds. The zero-order valence-corrected chi connectivity index (χ0v) is 14.5. The maximum absolute atomic E-state index is 10.3. The van der Waals surface area contributed by atoms with Gasteiger partial charge >= 0.3 is 0 Å². The molecule has 0 fully saturated rings. The average molecular weight is 449 g/mol. The highest BCUT2D eigenvalue weighted by Gasteiger charge is 2.24. The Hall–Kier alpha value is 0.280. The lowest BCUT2D eigenvalue weighted by Gasteiger charge is -2.02. The Labute approximate surface area is 136 Å². The van der Waals surface area contributed by atoms with E-state index >= 15 is 0 Å². The zero-order chi connectivity index (χ0) is 13.2. The van der Waals surface area contributed by atoms with Crippen molar-refractivity contribution in [2.45, 2.75) is 0 Å². The maximum atomic E-state index is 10.3. The monoisotopic (exact) mass is 446 g/mol. The van der Waals surface area contributed by atoms with E-state index in [1.165, 1.54) is 22.7 Å². The number of rotatable bonds is 0. The maximum Gasteiger partial charge on any atom is 0.143 e. The molecule has 2 N–H and O–H groups in total. The lowest BCUT2D eigenvalue weighted by molar-refractivity contribution is 0.480. The molecule has 0 aliphatic rings. The molecule has 2 nitrogen and oxygen atoms in total. The highest BCUT2D eigenvalue weighted by Crippen LogP contribution is 2.56. The normalized spacial score (nSPS) is 11.8. The summed E-state index contributed by atoms with van der Waals surface area (Å²) in [5.41, 5.74) is 0. The van der Waals surface area contributed by atoms with Crippen molar-refractivity contribution in [2.75, 3.05) is 0 Å². The van der Waals surface area contributed by atoms with Gasteiger partial charge in [0, 0.05) is 0 Å². The van der Waals surface area contributed by atoms with Crippen LogP contribution in [-0.4, -0.2) is 10.2 Å². The van der Waals surface area contributed by atoms with Crippen LogP contribution in [0.25, 0.3) is 20.2 Å². The van der Waals surface area contributed by atoms with E-state index in [0.717, 1.165) is 0 Å². The lowest BCUT2D eigenvalue weighted by atomic mass is 10.2. The predicted octanol–water partition coefficient (Wildman–Crippen LogP) is 6.36. The van der Waals surface area contributed by atoms with Crippen molar-refractivity contribution in [3.05, 3.63) is 17.6 Å². The minimum atomic E-state index is 0.0438. The molecule has 0 aliphatic carbocycles. The van der Waals surface area contributed by atoms with Crippen LogP contribution in [0.1, 0.15) is 0 Å². The van der Waals surface area contributed by atoms with E-state index in [2.05, 4.69) is 31.9 Å². The van der Waals surface area contributed by atoms with Crippen molar-refractivity contribution >= 4 is 97.9 Å². The summed E-state index contributed by atoms with van der Waals surface area (Å²) < 4.78 is 2.36. The Kier molecular flexibility index (Phi) is 3.24. The third-order valence-corrected chi connectivity index (χ3v) is 7.70. The molecule has 0 saturated carbocycles. The summed E-state index contributed by atoms with van der Waals surface area (Å²) in [5, 5.41) is 22.3. The van der Waals surface area contributed by atoms with Crippen molar-refractivity contribution in [1.82, 2.24) is 0 Å². The van der Waals surface area contributed by atoms with E-state index in [4.69, 9.17) is 23.2 Å². The van der Waals surface area contributed by atoms with E-state index in [0.29, 0.717) is 37.8 Å². The molecule has 3 rings (SSSR count). The SMILES string of the molecule is Oc1c2sc(Br)c(Cl)c2c(O)c2sc(Br)c(Cl)c12. The quantitative estimate of drug-likeness (QED) is 0.393. The molecule has 0 atom stereocenters. The van der Waals surface area contributed by atoms with Gasteiger partial charge in [-0.1, -0.05) is 23.2 Å². The Morgan fingerprint density at radius 3 is 1.44 bits per heavy atom. The molecule has 0 unspecified atom stereocenters. The largest absolute Gasteiger partial charge is 0.506 e. The number of benzene rings is 1. The number of halogens is 4. The van der Waals surface area contributed by atoms with Gasteiger partial charge in [-0.25, -0.2) is 0 Å². The van der Waals surface area contributed by atoms with Crippen LogP contribution in [0.2, 0.25) is 10.0 Å². The zero-order valence-electron chi connectivity index (χ0n) is 8.22. The van der Waals surface area contributed by atoms with Gasteiger partial charge in [0.2, 0.25) is 0 Å². The van der Waals surface area contributed by atoms with Crippen LogP contribution < -0.4 is 0 Å². The fourth-order valence-electron chi connectivity index (χ4n) is 1.75. The second-order valence-electron chi connectivity index (χ2n) is 3.48. The van der Waals surface area contributed by atoms with Crippen LogP contribution >= 0.6 is 77.7 Å². The van der Waals surface area contributed by atoms with E-state index in [-0.39, 0.29) is 11.5 Å². The second-order valence-corrected chi connectivity index (χ2v) is 8.92. The first kappa shape index (κ1) is 13.3. The molecule has 94 valence electrons. The summed E-state index contributed by atoms with van der Waals surface area (Å²) in [6.45, 7) is 0. The number of thiophene rings is 2. The molecule has 2 heterocycles. The Balaban J connectivity index is 2.69.